The number of halogens is 1. The molecule has 2 nitrogen and oxygen atoms in total. The van der Waals surface area contributed by atoms with Crippen molar-refractivity contribution >= 4 is 5.69 Å². The van der Waals surface area contributed by atoms with E-state index >= 15 is 0 Å². The Labute approximate surface area is 89.1 Å². The second kappa shape index (κ2) is 3.49. The van der Waals surface area contributed by atoms with Gasteiger partial charge >= 0.3 is 0 Å². The van der Waals surface area contributed by atoms with Gasteiger partial charge in [-0.1, -0.05) is 0 Å². The van der Waals surface area contributed by atoms with Crippen molar-refractivity contribution in [3.8, 4) is 0 Å². The Morgan fingerprint density at radius 1 is 1.33 bits per heavy atom. The molecule has 1 aliphatic heterocycles. The van der Waals surface area contributed by atoms with Crippen molar-refractivity contribution < 1.29 is 4.39 Å². The van der Waals surface area contributed by atoms with E-state index in [4.69, 9.17) is 0 Å². The van der Waals surface area contributed by atoms with E-state index in [9.17, 15) is 4.39 Å². The summed E-state index contributed by atoms with van der Waals surface area (Å²) in [6.07, 6.45) is 2.58. The molecule has 0 saturated heterocycles. The van der Waals surface area contributed by atoms with Crippen molar-refractivity contribution in [1.29, 1.82) is 0 Å². The molecular formula is C12H15FN2. The maximum absolute atomic E-state index is 13.1. The summed E-state index contributed by atoms with van der Waals surface area (Å²) < 4.78 is 13.1. The van der Waals surface area contributed by atoms with E-state index in [1.807, 2.05) is 6.07 Å². The van der Waals surface area contributed by atoms with E-state index < -0.39 is 0 Å². The molecule has 0 aromatic heterocycles. The number of hydrogen-bond acceptors (Lipinski definition) is 2. The lowest BCUT2D eigenvalue weighted by atomic mass is 10.1. The predicted molar refractivity (Wildman–Crippen MR) is 58.5 cm³/mol. The van der Waals surface area contributed by atoms with Gasteiger partial charge in [0.15, 0.2) is 0 Å². The predicted octanol–water partition coefficient (Wildman–Crippen LogP) is 1.90. The van der Waals surface area contributed by atoms with E-state index in [0.717, 1.165) is 25.2 Å². The Hall–Kier alpha value is -1.09. The Morgan fingerprint density at radius 2 is 2.20 bits per heavy atom. The van der Waals surface area contributed by atoms with Crippen LogP contribution in [-0.2, 0) is 6.54 Å². The Bertz CT molecular complexity index is 374. The second-order valence-electron chi connectivity index (χ2n) is 4.37. The number of rotatable bonds is 1. The Kier molecular flexibility index (Phi) is 2.13. The lowest BCUT2D eigenvalue weighted by Gasteiger charge is -2.24. The molecule has 0 spiro atoms. The van der Waals surface area contributed by atoms with E-state index in [1.165, 1.54) is 18.5 Å². The van der Waals surface area contributed by atoms with Gasteiger partial charge in [-0.2, -0.15) is 0 Å². The standard InChI is InChI=1S/C12H15FN2/c13-10-1-4-12-9(7-10)8-14-5-6-15(12)11-2-3-11/h1,4,7,11,14H,2-3,5-6,8H2. The number of anilines is 1. The summed E-state index contributed by atoms with van der Waals surface area (Å²) in [4.78, 5) is 2.43. The summed E-state index contributed by atoms with van der Waals surface area (Å²) in [6.45, 7) is 2.83. The average molecular weight is 206 g/mol. The fourth-order valence-electron chi connectivity index (χ4n) is 2.28. The van der Waals surface area contributed by atoms with Crippen LogP contribution >= 0.6 is 0 Å². The van der Waals surface area contributed by atoms with Crippen molar-refractivity contribution in [2.75, 3.05) is 18.0 Å². The highest BCUT2D eigenvalue weighted by Gasteiger charge is 2.30. The molecule has 3 rings (SSSR count). The topological polar surface area (TPSA) is 15.3 Å². The highest BCUT2D eigenvalue weighted by Crippen LogP contribution is 2.34. The first-order valence-electron chi connectivity index (χ1n) is 5.60. The van der Waals surface area contributed by atoms with Gasteiger partial charge in [0, 0.05) is 31.4 Å². The molecular weight excluding hydrogens is 191 g/mol. The molecule has 0 atom stereocenters. The van der Waals surface area contributed by atoms with Crippen LogP contribution in [0.25, 0.3) is 0 Å². The van der Waals surface area contributed by atoms with Crippen molar-refractivity contribution in [2.24, 2.45) is 0 Å². The maximum Gasteiger partial charge on any atom is 0.123 e. The molecule has 1 saturated carbocycles. The third kappa shape index (κ3) is 1.72. The summed E-state index contributed by atoms with van der Waals surface area (Å²) >= 11 is 0. The average Bonchev–Trinajstić information content (AvgIpc) is 3.01. The van der Waals surface area contributed by atoms with Crippen molar-refractivity contribution in [1.82, 2.24) is 5.32 Å². The Balaban J connectivity index is 2.00. The molecule has 80 valence electrons. The fraction of sp³-hybridized carbons (Fsp3) is 0.500. The molecule has 1 aromatic carbocycles. The normalized spacial score (nSPS) is 21.0. The van der Waals surface area contributed by atoms with Gasteiger partial charge < -0.3 is 10.2 Å². The van der Waals surface area contributed by atoms with Gasteiger partial charge in [-0.3, -0.25) is 0 Å². The SMILES string of the molecule is Fc1ccc2c(c1)CNCCN2C1CC1. The third-order valence-electron chi connectivity index (χ3n) is 3.18. The van der Waals surface area contributed by atoms with Crippen molar-refractivity contribution in [3.05, 3.63) is 29.6 Å². The van der Waals surface area contributed by atoms with Gasteiger partial charge in [-0.25, -0.2) is 4.39 Å². The second-order valence-corrected chi connectivity index (χ2v) is 4.37. The van der Waals surface area contributed by atoms with Gasteiger partial charge in [0.25, 0.3) is 0 Å². The summed E-state index contributed by atoms with van der Waals surface area (Å²) in [5, 5.41) is 3.33. The molecule has 0 bridgehead atoms. The summed E-state index contributed by atoms with van der Waals surface area (Å²) in [5.74, 6) is -0.131. The van der Waals surface area contributed by atoms with E-state index in [1.54, 1.807) is 12.1 Å². The largest absolute Gasteiger partial charge is 0.367 e. The Morgan fingerprint density at radius 3 is 3.00 bits per heavy atom. The van der Waals surface area contributed by atoms with Gasteiger partial charge in [-0.05, 0) is 36.6 Å². The van der Waals surface area contributed by atoms with Crippen LogP contribution in [0.4, 0.5) is 10.1 Å². The van der Waals surface area contributed by atoms with E-state index in [0.29, 0.717) is 6.04 Å². The first-order chi connectivity index (χ1) is 7.34. The van der Waals surface area contributed by atoms with Crippen LogP contribution in [0.2, 0.25) is 0 Å². The lowest BCUT2D eigenvalue weighted by molar-refractivity contribution is 0.623. The molecule has 0 unspecified atom stereocenters. The smallest absolute Gasteiger partial charge is 0.123 e. The summed E-state index contributed by atoms with van der Waals surface area (Å²) in [7, 11) is 0. The minimum atomic E-state index is -0.131. The number of nitrogens with one attached hydrogen (secondary N) is 1. The van der Waals surface area contributed by atoms with E-state index in [-0.39, 0.29) is 5.82 Å². The molecule has 3 heteroatoms. The van der Waals surface area contributed by atoms with Crippen LogP contribution in [0.5, 0.6) is 0 Å². The van der Waals surface area contributed by atoms with Crippen LogP contribution in [0.1, 0.15) is 18.4 Å². The zero-order valence-electron chi connectivity index (χ0n) is 8.67. The first-order valence-corrected chi connectivity index (χ1v) is 5.60. The van der Waals surface area contributed by atoms with Gasteiger partial charge in [0.05, 0.1) is 0 Å². The third-order valence-corrected chi connectivity index (χ3v) is 3.18. The van der Waals surface area contributed by atoms with Crippen LogP contribution in [0.3, 0.4) is 0 Å². The number of nitrogens with zero attached hydrogens (tertiary/aromatic N) is 1. The monoisotopic (exact) mass is 206 g/mol. The molecule has 1 aliphatic carbocycles. The molecule has 0 radical (unpaired) electrons. The van der Waals surface area contributed by atoms with Gasteiger partial charge in [0.2, 0.25) is 0 Å². The highest BCUT2D eigenvalue weighted by atomic mass is 19.1. The van der Waals surface area contributed by atoms with Crippen molar-refractivity contribution in [3.63, 3.8) is 0 Å². The fourth-order valence-corrected chi connectivity index (χ4v) is 2.28. The first kappa shape index (κ1) is 9.16. The number of fused-ring (bicyclic) bond motifs is 1. The minimum Gasteiger partial charge on any atom is -0.367 e. The van der Waals surface area contributed by atoms with Crippen LogP contribution in [-0.4, -0.2) is 19.1 Å². The van der Waals surface area contributed by atoms with Crippen LogP contribution in [0, 0.1) is 5.82 Å². The quantitative estimate of drug-likeness (QED) is 0.755. The molecule has 1 aromatic rings. The van der Waals surface area contributed by atoms with Crippen LogP contribution < -0.4 is 10.2 Å². The molecule has 1 fully saturated rings. The highest BCUT2D eigenvalue weighted by molar-refractivity contribution is 5.56. The molecule has 0 amide bonds. The lowest BCUT2D eigenvalue weighted by Crippen LogP contribution is -2.30. The van der Waals surface area contributed by atoms with Crippen molar-refractivity contribution in [2.45, 2.75) is 25.4 Å². The molecule has 15 heavy (non-hydrogen) atoms. The van der Waals surface area contributed by atoms with Gasteiger partial charge in [-0.15, -0.1) is 0 Å². The molecule has 2 aliphatic rings. The summed E-state index contributed by atoms with van der Waals surface area (Å²) in [5.41, 5.74) is 2.32. The summed E-state index contributed by atoms with van der Waals surface area (Å²) in [6, 6.07) is 5.85. The zero-order valence-corrected chi connectivity index (χ0v) is 8.67. The molecule has 1 N–H and O–H groups in total. The maximum atomic E-state index is 13.1. The van der Waals surface area contributed by atoms with E-state index in [2.05, 4.69) is 10.2 Å². The van der Waals surface area contributed by atoms with Crippen LogP contribution in [0.15, 0.2) is 18.2 Å². The number of hydrogen-bond donors (Lipinski definition) is 1. The minimum absolute atomic E-state index is 0.131. The number of benzene rings is 1. The zero-order chi connectivity index (χ0) is 10.3. The van der Waals surface area contributed by atoms with Gasteiger partial charge in [0.1, 0.15) is 5.82 Å². The molecule has 1 heterocycles.